The maximum Gasteiger partial charge on any atom is 0.314 e. The molecule has 9 heavy (non-hydrogen) atoms. The van der Waals surface area contributed by atoms with Gasteiger partial charge >= 0.3 is 5.97 Å². The highest BCUT2D eigenvalue weighted by Crippen LogP contribution is 2.07. The lowest BCUT2D eigenvalue weighted by Gasteiger charge is -2.00. The van der Waals surface area contributed by atoms with Crippen molar-refractivity contribution in [3.63, 3.8) is 0 Å². The Bertz CT molecular complexity index is 118. The molecule has 0 amide bonds. The normalized spacial score (nSPS) is 12.7. The molecule has 0 radical (unpaired) electrons. The molecule has 3 nitrogen and oxygen atoms in total. The topological polar surface area (TPSA) is 54.4 Å². The third-order valence-electron chi connectivity index (χ3n) is 0.980. The molecule has 0 aromatic carbocycles. The Morgan fingerprint density at radius 1 is 1.67 bits per heavy atom. The molecule has 0 rings (SSSR count). The zero-order chi connectivity index (χ0) is 7.44. The van der Waals surface area contributed by atoms with Gasteiger partial charge in [-0.1, -0.05) is 6.92 Å². The second kappa shape index (κ2) is 3.61. The van der Waals surface area contributed by atoms with Crippen molar-refractivity contribution in [1.82, 2.24) is 0 Å². The summed E-state index contributed by atoms with van der Waals surface area (Å²) in [6.07, 6.45) is 0.333. The van der Waals surface area contributed by atoms with E-state index in [0.717, 1.165) is 0 Å². The zero-order valence-electron chi connectivity index (χ0n) is 4.93. The summed E-state index contributed by atoms with van der Waals surface area (Å²) in [7, 11) is 0. The first-order valence-corrected chi connectivity index (χ1v) is 3.31. The summed E-state index contributed by atoms with van der Waals surface area (Å²) >= 11 is 2.58. The van der Waals surface area contributed by atoms with Crippen molar-refractivity contribution in [2.24, 2.45) is 5.92 Å². The van der Waals surface area contributed by atoms with E-state index in [1.165, 1.54) is 0 Å². The van der Waals surface area contributed by atoms with Gasteiger partial charge in [0, 0.05) is 0 Å². The molecule has 0 fully saturated rings. The summed E-state index contributed by atoms with van der Waals surface area (Å²) in [5.74, 6) is -1.95. The summed E-state index contributed by atoms with van der Waals surface area (Å²) in [6, 6.07) is 0. The Labute approximate surface area is 61.2 Å². The van der Waals surface area contributed by atoms with Crippen molar-refractivity contribution in [3.05, 3.63) is 0 Å². The largest absolute Gasteiger partial charge is 0.481 e. The van der Waals surface area contributed by atoms with Crippen molar-refractivity contribution >= 4 is 26.6 Å². The van der Waals surface area contributed by atoms with E-state index in [2.05, 4.69) is 15.9 Å². The van der Waals surface area contributed by atoms with E-state index >= 15 is 0 Å². The molecule has 0 saturated heterocycles. The number of hydrogen-bond donors (Lipinski definition) is 1. The molecule has 52 valence electrons. The van der Waals surface area contributed by atoms with Gasteiger partial charge in [0.2, 0.25) is 4.69 Å². The predicted molar refractivity (Wildman–Crippen MR) is 35.4 cm³/mol. The standard InChI is InChI=1S/C5H7BrO3/c1-2-3(4(6)7)5(8)9/h3H,2H2,1H3,(H,8,9). The van der Waals surface area contributed by atoms with E-state index in [-0.39, 0.29) is 0 Å². The van der Waals surface area contributed by atoms with Crippen LogP contribution in [0, 0.1) is 5.92 Å². The minimum atomic E-state index is -1.07. The molecular formula is C5H7BrO3. The van der Waals surface area contributed by atoms with Crippen LogP contribution in [0.5, 0.6) is 0 Å². The monoisotopic (exact) mass is 194 g/mol. The van der Waals surface area contributed by atoms with Crippen molar-refractivity contribution in [3.8, 4) is 0 Å². The molecule has 0 aliphatic heterocycles. The predicted octanol–water partition coefficient (Wildman–Crippen LogP) is 1.02. The van der Waals surface area contributed by atoms with E-state index in [9.17, 15) is 9.59 Å². The number of carboxylic acid groups (broad SMARTS) is 1. The van der Waals surface area contributed by atoms with Crippen LogP contribution >= 0.6 is 15.9 Å². The fraction of sp³-hybridized carbons (Fsp3) is 0.600. The summed E-state index contributed by atoms with van der Waals surface area (Å²) in [5, 5.41) is 8.29. The summed E-state index contributed by atoms with van der Waals surface area (Å²) < 4.78 is -0.461. The van der Waals surface area contributed by atoms with Crippen LogP contribution in [-0.4, -0.2) is 15.8 Å². The number of aliphatic carboxylic acids is 1. The maximum atomic E-state index is 10.4. The average Bonchev–Trinajstić information content (AvgIpc) is 1.64. The van der Waals surface area contributed by atoms with Crippen LogP contribution in [0.2, 0.25) is 0 Å². The molecule has 1 N–H and O–H groups in total. The van der Waals surface area contributed by atoms with Gasteiger partial charge in [0.05, 0.1) is 0 Å². The maximum absolute atomic E-state index is 10.4. The van der Waals surface area contributed by atoms with Crippen molar-refractivity contribution in [2.45, 2.75) is 13.3 Å². The lowest BCUT2D eigenvalue weighted by molar-refractivity contribution is -0.144. The smallest absolute Gasteiger partial charge is 0.314 e. The van der Waals surface area contributed by atoms with Gasteiger partial charge in [0.25, 0.3) is 0 Å². The quantitative estimate of drug-likeness (QED) is 0.540. The number of hydrogen-bond acceptors (Lipinski definition) is 2. The van der Waals surface area contributed by atoms with Crippen molar-refractivity contribution < 1.29 is 14.7 Å². The Hall–Kier alpha value is -0.380. The first-order valence-electron chi connectivity index (χ1n) is 2.51. The van der Waals surface area contributed by atoms with Crippen LogP contribution < -0.4 is 0 Å². The van der Waals surface area contributed by atoms with Gasteiger partial charge in [-0.3, -0.25) is 9.59 Å². The second-order valence-electron chi connectivity index (χ2n) is 1.60. The highest BCUT2D eigenvalue weighted by Gasteiger charge is 2.20. The van der Waals surface area contributed by atoms with Crippen LogP contribution in [0.1, 0.15) is 13.3 Å². The van der Waals surface area contributed by atoms with Crippen LogP contribution in [0.15, 0.2) is 0 Å². The molecule has 0 aliphatic carbocycles. The minimum absolute atomic E-state index is 0.333. The van der Waals surface area contributed by atoms with Crippen molar-refractivity contribution in [2.75, 3.05) is 0 Å². The van der Waals surface area contributed by atoms with E-state index < -0.39 is 16.6 Å². The first-order chi connectivity index (χ1) is 4.09. The number of rotatable bonds is 3. The molecule has 0 heterocycles. The van der Waals surface area contributed by atoms with Crippen LogP contribution in [0.25, 0.3) is 0 Å². The zero-order valence-corrected chi connectivity index (χ0v) is 6.51. The molecule has 1 atom stereocenters. The highest BCUT2D eigenvalue weighted by atomic mass is 79.9. The third kappa shape index (κ3) is 2.60. The van der Waals surface area contributed by atoms with Crippen LogP contribution in [-0.2, 0) is 9.59 Å². The third-order valence-corrected chi connectivity index (χ3v) is 1.53. The van der Waals surface area contributed by atoms with Crippen LogP contribution in [0.3, 0.4) is 0 Å². The fourth-order valence-corrected chi connectivity index (χ4v) is 0.952. The molecule has 0 aromatic rings. The van der Waals surface area contributed by atoms with Crippen LogP contribution in [0.4, 0.5) is 0 Å². The Balaban J connectivity index is 3.99. The number of carboxylic acids is 1. The summed E-state index contributed by atoms with van der Waals surface area (Å²) in [5.41, 5.74) is 0. The summed E-state index contributed by atoms with van der Waals surface area (Å²) in [4.78, 5) is 20.5. The fourth-order valence-electron chi connectivity index (χ4n) is 0.432. The molecule has 0 bridgehead atoms. The van der Waals surface area contributed by atoms with E-state index in [1.54, 1.807) is 6.92 Å². The summed E-state index contributed by atoms with van der Waals surface area (Å²) in [6.45, 7) is 1.65. The highest BCUT2D eigenvalue weighted by molar-refractivity contribution is 9.18. The molecule has 4 heteroatoms. The van der Waals surface area contributed by atoms with Gasteiger partial charge in [-0.05, 0) is 22.4 Å². The van der Waals surface area contributed by atoms with E-state index in [4.69, 9.17) is 5.11 Å². The Kier molecular flexibility index (Phi) is 3.46. The van der Waals surface area contributed by atoms with Gasteiger partial charge in [-0.15, -0.1) is 0 Å². The lowest BCUT2D eigenvalue weighted by atomic mass is 10.1. The molecule has 0 spiro atoms. The Morgan fingerprint density at radius 2 is 2.11 bits per heavy atom. The molecular weight excluding hydrogens is 188 g/mol. The van der Waals surface area contributed by atoms with E-state index in [1.807, 2.05) is 0 Å². The first kappa shape index (κ1) is 8.62. The number of halogens is 1. The molecule has 0 saturated carbocycles. The Morgan fingerprint density at radius 3 is 2.11 bits per heavy atom. The van der Waals surface area contributed by atoms with Gasteiger partial charge in [-0.25, -0.2) is 0 Å². The van der Waals surface area contributed by atoms with Gasteiger partial charge in [0.1, 0.15) is 5.92 Å². The minimum Gasteiger partial charge on any atom is -0.481 e. The average molecular weight is 195 g/mol. The van der Waals surface area contributed by atoms with Crippen molar-refractivity contribution in [1.29, 1.82) is 0 Å². The second-order valence-corrected chi connectivity index (χ2v) is 2.38. The lowest BCUT2D eigenvalue weighted by Crippen LogP contribution is -2.18. The van der Waals surface area contributed by atoms with E-state index in [0.29, 0.717) is 6.42 Å². The molecule has 0 aromatic heterocycles. The molecule has 0 aliphatic rings. The molecule has 1 unspecified atom stereocenters. The SMILES string of the molecule is CCC(C(=O)O)C(=O)Br. The number of carbonyl (C=O) groups is 2. The number of carbonyl (C=O) groups excluding carboxylic acids is 1. The van der Waals surface area contributed by atoms with Gasteiger partial charge in [0.15, 0.2) is 0 Å². The van der Waals surface area contributed by atoms with Gasteiger partial charge in [-0.2, -0.15) is 0 Å². The van der Waals surface area contributed by atoms with Gasteiger partial charge < -0.3 is 5.11 Å².